The molecule has 0 atom stereocenters. The molecule has 0 radical (unpaired) electrons. The molecule has 0 saturated carbocycles. The maximum Gasteiger partial charge on any atom is 0.229 e. The number of hydrogen-bond acceptors (Lipinski definition) is 3. The Hall–Kier alpha value is -1.64. The summed E-state index contributed by atoms with van der Waals surface area (Å²) in [6.45, 7) is 6.53. The van der Waals surface area contributed by atoms with Crippen LogP contribution in [0.4, 0.5) is 0 Å². The number of nitrogens with one attached hydrogen (secondary N) is 2. The van der Waals surface area contributed by atoms with Crippen molar-refractivity contribution in [3.63, 3.8) is 0 Å². The van der Waals surface area contributed by atoms with Gasteiger partial charge in [0.1, 0.15) is 0 Å². The third-order valence-corrected chi connectivity index (χ3v) is 4.15. The molecule has 0 bridgehead atoms. The number of imide groups is 1. The lowest BCUT2D eigenvalue weighted by atomic mass is 10.1. The van der Waals surface area contributed by atoms with E-state index in [0.29, 0.717) is 38.4 Å². The number of amides is 2. The molecule has 2 N–H and O–H groups in total. The Labute approximate surface area is 172 Å². The molecule has 6 nitrogen and oxygen atoms in total. The summed E-state index contributed by atoms with van der Waals surface area (Å²) in [6.07, 6.45) is 2.84. The summed E-state index contributed by atoms with van der Waals surface area (Å²) in [4.78, 5) is 29.2. The second kappa shape index (κ2) is 11.9. The van der Waals surface area contributed by atoms with Crippen molar-refractivity contribution >= 4 is 41.8 Å². The van der Waals surface area contributed by atoms with Crippen LogP contribution in [0.3, 0.4) is 0 Å². The number of halogens is 1. The molecular formula is C19H29IN4O2. The highest BCUT2D eigenvalue weighted by Crippen LogP contribution is 2.10. The highest BCUT2D eigenvalue weighted by molar-refractivity contribution is 14.0. The molecule has 2 amide bonds. The summed E-state index contributed by atoms with van der Waals surface area (Å²) < 4.78 is 0. The number of aliphatic imine (C=N–C) groups is 1. The largest absolute Gasteiger partial charge is 0.356 e. The lowest BCUT2D eigenvalue weighted by molar-refractivity contribution is -0.138. The minimum atomic E-state index is -0.0797. The van der Waals surface area contributed by atoms with Crippen molar-refractivity contribution in [3.05, 3.63) is 35.4 Å². The number of aryl methyl sites for hydroxylation is 1. The Morgan fingerprint density at radius 1 is 1.08 bits per heavy atom. The van der Waals surface area contributed by atoms with Gasteiger partial charge in [-0.3, -0.25) is 14.5 Å². The van der Waals surface area contributed by atoms with Gasteiger partial charge >= 0.3 is 0 Å². The Morgan fingerprint density at radius 3 is 2.31 bits per heavy atom. The number of benzene rings is 1. The minimum Gasteiger partial charge on any atom is -0.356 e. The molecule has 2 rings (SSSR count). The highest BCUT2D eigenvalue weighted by Gasteiger charge is 2.28. The van der Waals surface area contributed by atoms with Crippen molar-refractivity contribution in [2.24, 2.45) is 4.99 Å². The van der Waals surface area contributed by atoms with E-state index in [4.69, 9.17) is 0 Å². The van der Waals surface area contributed by atoms with Crippen LogP contribution in [-0.2, 0) is 16.1 Å². The van der Waals surface area contributed by atoms with E-state index >= 15 is 0 Å². The fourth-order valence-electron chi connectivity index (χ4n) is 2.58. The maximum atomic E-state index is 11.6. The molecule has 26 heavy (non-hydrogen) atoms. The van der Waals surface area contributed by atoms with Gasteiger partial charge in [-0.25, -0.2) is 4.99 Å². The highest BCUT2D eigenvalue weighted by atomic mass is 127. The summed E-state index contributed by atoms with van der Waals surface area (Å²) in [6, 6.07) is 8.30. The van der Waals surface area contributed by atoms with Gasteiger partial charge in [0.15, 0.2) is 5.96 Å². The normalized spacial score (nSPS) is 14.4. The molecule has 7 heteroatoms. The van der Waals surface area contributed by atoms with Crippen molar-refractivity contribution in [1.82, 2.24) is 15.5 Å². The maximum absolute atomic E-state index is 11.6. The molecule has 1 saturated heterocycles. The zero-order chi connectivity index (χ0) is 18.1. The van der Waals surface area contributed by atoms with E-state index in [1.165, 1.54) is 10.5 Å². The molecule has 0 aromatic heterocycles. The Kier molecular flexibility index (Phi) is 10.2. The predicted octanol–water partition coefficient (Wildman–Crippen LogP) is 2.60. The molecule has 0 unspecified atom stereocenters. The number of hydrogen-bond donors (Lipinski definition) is 2. The fraction of sp³-hybridized carbons (Fsp3) is 0.526. The molecular weight excluding hydrogens is 443 g/mol. The first-order valence-electron chi connectivity index (χ1n) is 9.01. The molecule has 1 aliphatic rings. The Balaban J connectivity index is 0.00000338. The number of rotatable bonds is 8. The first-order valence-corrected chi connectivity index (χ1v) is 9.01. The number of carbonyl (C=O) groups is 2. The Bertz CT molecular complexity index is 600. The smallest absolute Gasteiger partial charge is 0.229 e. The first kappa shape index (κ1) is 22.4. The summed E-state index contributed by atoms with van der Waals surface area (Å²) in [5, 5.41) is 6.52. The molecule has 1 heterocycles. The molecule has 0 aliphatic carbocycles. The first-order chi connectivity index (χ1) is 12.1. The lowest BCUT2D eigenvalue weighted by Gasteiger charge is -2.16. The Morgan fingerprint density at radius 2 is 1.69 bits per heavy atom. The predicted molar refractivity (Wildman–Crippen MR) is 115 cm³/mol. The van der Waals surface area contributed by atoms with Crippen molar-refractivity contribution in [3.8, 4) is 0 Å². The van der Waals surface area contributed by atoms with Crippen LogP contribution in [0.15, 0.2) is 29.3 Å². The van der Waals surface area contributed by atoms with Gasteiger partial charge in [-0.2, -0.15) is 0 Å². The van der Waals surface area contributed by atoms with Crippen molar-refractivity contribution in [2.45, 2.75) is 46.1 Å². The van der Waals surface area contributed by atoms with E-state index in [-0.39, 0.29) is 35.8 Å². The third kappa shape index (κ3) is 7.31. The van der Waals surface area contributed by atoms with E-state index in [1.54, 1.807) is 0 Å². The van der Waals surface area contributed by atoms with E-state index in [0.717, 1.165) is 24.9 Å². The van der Waals surface area contributed by atoms with E-state index < -0.39 is 0 Å². The SMILES string of the molecule is CCCCNC(=NCc1ccc(C)cc1)NCCN1C(=O)CCC1=O.I. The van der Waals surface area contributed by atoms with Crippen LogP contribution in [-0.4, -0.2) is 42.3 Å². The zero-order valence-electron chi connectivity index (χ0n) is 15.6. The summed E-state index contributed by atoms with van der Waals surface area (Å²) in [5.74, 6) is 0.556. The summed E-state index contributed by atoms with van der Waals surface area (Å²) in [5.41, 5.74) is 2.37. The van der Waals surface area contributed by atoms with Crippen LogP contribution in [0.5, 0.6) is 0 Å². The van der Waals surface area contributed by atoms with Crippen molar-refractivity contribution in [2.75, 3.05) is 19.6 Å². The average molecular weight is 472 g/mol. The third-order valence-electron chi connectivity index (χ3n) is 4.15. The molecule has 1 fully saturated rings. The number of nitrogens with zero attached hydrogens (tertiary/aromatic N) is 2. The average Bonchev–Trinajstić information content (AvgIpc) is 2.92. The summed E-state index contributed by atoms with van der Waals surface area (Å²) in [7, 11) is 0. The van der Waals surface area contributed by atoms with Gasteiger partial charge in [0.05, 0.1) is 6.54 Å². The van der Waals surface area contributed by atoms with Gasteiger partial charge in [0.25, 0.3) is 0 Å². The molecule has 1 aliphatic heterocycles. The standard InChI is InChI=1S/C19H28N4O2.HI/c1-3-4-11-20-19(22-14-16-7-5-15(2)6-8-16)21-12-13-23-17(24)9-10-18(23)25;/h5-8H,3-4,9-14H2,1-2H3,(H2,20,21,22);1H. The van der Waals surface area contributed by atoms with Gasteiger partial charge in [-0.05, 0) is 18.9 Å². The quantitative estimate of drug-likeness (QED) is 0.201. The van der Waals surface area contributed by atoms with Gasteiger partial charge in [-0.15, -0.1) is 24.0 Å². The topological polar surface area (TPSA) is 73.8 Å². The molecule has 1 aromatic carbocycles. The summed E-state index contributed by atoms with van der Waals surface area (Å²) >= 11 is 0. The van der Waals surface area contributed by atoms with Crippen molar-refractivity contribution < 1.29 is 9.59 Å². The minimum absolute atomic E-state index is 0. The second-order valence-corrected chi connectivity index (χ2v) is 6.30. The fourth-order valence-corrected chi connectivity index (χ4v) is 2.58. The van der Waals surface area contributed by atoms with Crippen LogP contribution in [0.1, 0.15) is 43.7 Å². The van der Waals surface area contributed by atoms with Crippen LogP contribution in [0, 0.1) is 6.92 Å². The number of unbranched alkanes of at least 4 members (excludes halogenated alkanes) is 1. The van der Waals surface area contributed by atoms with Crippen LogP contribution < -0.4 is 10.6 Å². The monoisotopic (exact) mass is 472 g/mol. The molecule has 1 aromatic rings. The van der Waals surface area contributed by atoms with Crippen LogP contribution in [0.2, 0.25) is 0 Å². The number of carbonyl (C=O) groups excluding carboxylic acids is 2. The number of likely N-dealkylation sites (tertiary alicyclic amines) is 1. The second-order valence-electron chi connectivity index (χ2n) is 6.30. The van der Waals surface area contributed by atoms with E-state index in [2.05, 4.69) is 53.7 Å². The van der Waals surface area contributed by atoms with Gasteiger partial charge < -0.3 is 10.6 Å². The van der Waals surface area contributed by atoms with E-state index in [1.807, 2.05) is 0 Å². The molecule has 144 valence electrons. The van der Waals surface area contributed by atoms with Gasteiger partial charge in [-0.1, -0.05) is 43.2 Å². The lowest BCUT2D eigenvalue weighted by Crippen LogP contribution is -2.43. The van der Waals surface area contributed by atoms with Gasteiger partial charge in [0, 0.05) is 32.5 Å². The van der Waals surface area contributed by atoms with Gasteiger partial charge in [0.2, 0.25) is 11.8 Å². The van der Waals surface area contributed by atoms with E-state index in [9.17, 15) is 9.59 Å². The zero-order valence-corrected chi connectivity index (χ0v) is 17.9. The van der Waals surface area contributed by atoms with Crippen molar-refractivity contribution in [1.29, 1.82) is 0 Å². The number of guanidine groups is 1. The molecule has 0 spiro atoms. The van der Waals surface area contributed by atoms with Crippen LogP contribution in [0.25, 0.3) is 0 Å². The van der Waals surface area contributed by atoms with Crippen LogP contribution >= 0.6 is 24.0 Å².